The van der Waals surface area contributed by atoms with Gasteiger partial charge in [-0.2, -0.15) is 0 Å². The first kappa shape index (κ1) is 41.2. The predicted octanol–water partition coefficient (Wildman–Crippen LogP) is 4.80. The highest BCUT2D eigenvalue weighted by molar-refractivity contribution is 7.18. The van der Waals surface area contributed by atoms with Crippen LogP contribution in [0.1, 0.15) is 112 Å². The number of nitrogens with zero attached hydrogens (tertiary/aromatic N) is 5. The number of anilines is 2. The maximum absolute atomic E-state index is 13.7. The zero-order chi connectivity index (χ0) is 42.3. The van der Waals surface area contributed by atoms with Gasteiger partial charge in [-0.1, -0.05) is 12.1 Å². The molecule has 0 spiro atoms. The molecule has 0 radical (unpaired) electrons. The second-order valence-electron chi connectivity index (χ2n) is 16.8. The number of piperazine rings is 1. The van der Waals surface area contributed by atoms with Gasteiger partial charge in [0.15, 0.2) is 0 Å². The maximum Gasteiger partial charge on any atom is 0.274 e. The minimum atomic E-state index is -1.22. The predicted molar refractivity (Wildman–Crippen MR) is 226 cm³/mol. The minimum Gasteiger partial charge on any atom is -0.386 e. The van der Waals surface area contributed by atoms with Crippen LogP contribution in [-0.2, 0) is 20.0 Å². The lowest BCUT2D eigenvalue weighted by Crippen LogP contribution is -2.54. The van der Waals surface area contributed by atoms with Gasteiger partial charge in [0.2, 0.25) is 17.7 Å². The monoisotopic (exact) mass is 834 g/mol. The van der Waals surface area contributed by atoms with Crippen molar-refractivity contribution in [3.05, 3.63) is 81.6 Å². The van der Waals surface area contributed by atoms with Crippen LogP contribution in [0.5, 0.6) is 0 Å². The third-order valence-electron chi connectivity index (χ3n) is 12.1. The lowest BCUT2D eigenvalue weighted by atomic mass is 9.81. The number of amides is 6. The van der Waals surface area contributed by atoms with Crippen LogP contribution in [-0.4, -0.2) is 111 Å². The smallest absolute Gasteiger partial charge is 0.274 e. The summed E-state index contributed by atoms with van der Waals surface area (Å²) in [6.07, 6.45) is 4.29. The molecule has 5 heterocycles. The van der Waals surface area contributed by atoms with Gasteiger partial charge < -0.3 is 20.6 Å². The lowest BCUT2D eigenvalue weighted by Gasteiger charge is -2.37. The number of piperidine rings is 1. The van der Waals surface area contributed by atoms with Gasteiger partial charge in [-0.3, -0.25) is 43.9 Å². The zero-order valence-corrected chi connectivity index (χ0v) is 34.9. The van der Waals surface area contributed by atoms with Crippen molar-refractivity contribution in [2.45, 2.75) is 83.3 Å². The van der Waals surface area contributed by atoms with E-state index in [0.29, 0.717) is 42.3 Å². The number of aliphatic hydroxyl groups is 1. The van der Waals surface area contributed by atoms with Crippen LogP contribution in [0.3, 0.4) is 0 Å². The van der Waals surface area contributed by atoms with Gasteiger partial charge >= 0.3 is 0 Å². The molecule has 1 aliphatic carbocycles. The van der Waals surface area contributed by atoms with Crippen molar-refractivity contribution >= 4 is 68.4 Å². The molecule has 1 unspecified atom stereocenters. The summed E-state index contributed by atoms with van der Waals surface area (Å²) in [4.78, 5) is 92.1. The Balaban J connectivity index is 0.802. The molecule has 16 heteroatoms. The normalized spacial score (nSPS) is 21.3. The second-order valence-corrected chi connectivity index (χ2v) is 17.8. The molecule has 3 aliphatic heterocycles. The average Bonchev–Trinajstić information content (AvgIpc) is 3.76. The van der Waals surface area contributed by atoms with Crippen LogP contribution in [0, 0.1) is 12.8 Å². The van der Waals surface area contributed by atoms with E-state index >= 15 is 0 Å². The largest absolute Gasteiger partial charge is 0.386 e. The van der Waals surface area contributed by atoms with E-state index in [0.717, 1.165) is 77.6 Å². The molecule has 4 aromatic rings. The Labute approximate surface area is 351 Å². The molecule has 314 valence electrons. The quantitative estimate of drug-likeness (QED) is 0.120. The molecular formula is C44H50N8O7S. The highest BCUT2D eigenvalue weighted by Gasteiger charge is 2.45. The standard InChI is InChI=1S/C44H50N8O7S/c1-25-7-4-10-31(46-25)38(54)47-32-24-35-33(23-29(32)44(2,3)59)48-40(60-35)26-11-13-27(14-12-26)41(56)51-21-19-50(20-22-51)18-6-17-45-30-9-5-8-28-37(30)43(58)52(42(28)57)34-15-16-36(53)49-39(34)55/h4-5,7-10,23-24,26-27,34,45,59H,6,11-22H2,1-3H3,(H,47,54)(H,49,53,55). The Morgan fingerprint density at radius 1 is 0.917 bits per heavy atom. The summed E-state index contributed by atoms with van der Waals surface area (Å²) in [6.45, 7) is 9.48. The number of carbonyl (C=O) groups excluding carboxylic acids is 6. The van der Waals surface area contributed by atoms with Gasteiger partial charge in [0.05, 0.1) is 32.0 Å². The van der Waals surface area contributed by atoms with E-state index in [-0.39, 0.29) is 47.6 Å². The first-order valence-electron chi connectivity index (χ1n) is 20.8. The first-order valence-corrected chi connectivity index (χ1v) is 21.6. The number of nitrogens with one attached hydrogen (secondary N) is 3. The minimum absolute atomic E-state index is 0.0154. The van der Waals surface area contributed by atoms with Crippen LogP contribution in [0.25, 0.3) is 10.2 Å². The number of aryl methyl sites for hydroxylation is 1. The van der Waals surface area contributed by atoms with E-state index in [1.807, 2.05) is 30.0 Å². The first-order chi connectivity index (χ1) is 28.7. The second kappa shape index (κ2) is 16.8. The summed E-state index contributed by atoms with van der Waals surface area (Å²) in [5.74, 6) is -2.01. The molecule has 4 N–H and O–H groups in total. The molecule has 2 aromatic carbocycles. The number of fused-ring (bicyclic) bond motifs is 2. The molecule has 2 aromatic heterocycles. The van der Waals surface area contributed by atoms with Crippen molar-refractivity contribution < 1.29 is 33.9 Å². The zero-order valence-electron chi connectivity index (χ0n) is 34.1. The fraction of sp³-hybridized carbons (Fsp3) is 0.455. The Morgan fingerprint density at radius 3 is 2.38 bits per heavy atom. The Morgan fingerprint density at radius 2 is 1.67 bits per heavy atom. The van der Waals surface area contributed by atoms with E-state index in [2.05, 4.69) is 25.8 Å². The molecule has 1 atom stereocenters. The van der Waals surface area contributed by atoms with E-state index in [4.69, 9.17) is 4.98 Å². The number of pyridine rings is 1. The van der Waals surface area contributed by atoms with Crippen LogP contribution >= 0.6 is 11.3 Å². The van der Waals surface area contributed by atoms with Crippen molar-refractivity contribution in [3.8, 4) is 0 Å². The van der Waals surface area contributed by atoms with E-state index in [1.165, 1.54) is 0 Å². The number of hydrogen-bond acceptors (Lipinski definition) is 12. The molecule has 0 bridgehead atoms. The highest BCUT2D eigenvalue weighted by atomic mass is 32.1. The molecule has 4 aliphatic rings. The third-order valence-corrected chi connectivity index (χ3v) is 13.3. The molecule has 1 saturated carbocycles. The van der Waals surface area contributed by atoms with Gasteiger partial charge in [-0.15, -0.1) is 11.3 Å². The summed E-state index contributed by atoms with van der Waals surface area (Å²) in [5.41, 5.74) is 2.74. The Bertz CT molecular complexity index is 2370. The van der Waals surface area contributed by atoms with Crippen molar-refractivity contribution in [2.24, 2.45) is 5.92 Å². The number of aromatic nitrogens is 2. The number of carbonyl (C=O) groups is 6. The number of thiazole rings is 1. The molecule has 6 amide bonds. The maximum atomic E-state index is 13.7. The summed E-state index contributed by atoms with van der Waals surface area (Å²) in [6, 6.07) is 13.1. The van der Waals surface area contributed by atoms with E-state index < -0.39 is 35.3 Å². The molecule has 8 rings (SSSR count). The van der Waals surface area contributed by atoms with Gasteiger partial charge in [0.25, 0.3) is 17.7 Å². The molecule has 3 fully saturated rings. The molecule has 60 heavy (non-hydrogen) atoms. The fourth-order valence-electron chi connectivity index (χ4n) is 8.86. The van der Waals surface area contributed by atoms with Crippen molar-refractivity contribution in [3.63, 3.8) is 0 Å². The summed E-state index contributed by atoms with van der Waals surface area (Å²) < 4.78 is 0.922. The van der Waals surface area contributed by atoms with E-state index in [1.54, 1.807) is 55.5 Å². The molecule has 2 saturated heterocycles. The van der Waals surface area contributed by atoms with Crippen LogP contribution in [0.2, 0.25) is 0 Å². The third kappa shape index (κ3) is 8.40. The van der Waals surface area contributed by atoms with Crippen molar-refractivity contribution in [1.82, 2.24) is 30.0 Å². The summed E-state index contributed by atoms with van der Waals surface area (Å²) in [7, 11) is 0. The van der Waals surface area contributed by atoms with Crippen molar-refractivity contribution in [1.29, 1.82) is 0 Å². The van der Waals surface area contributed by atoms with Gasteiger partial charge in [-0.05, 0) is 102 Å². The van der Waals surface area contributed by atoms with Crippen LogP contribution in [0.15, 0.2) is 48.5 Å². The number of rotatable bonds is 11. The fourth-order valence-corrected chi connectivity index (χ4v) is 10.0. The van der Waals surface area contributed by atoms with Gasteiger partial charge in [-0.25, -0.2) is 9.97 Å². The average molecular weight is 835 g/mol. The van der Waals surface area contributed by atoms with Crippen LogP contribution in [0.4, 0.5) is 11.4 Å². The molecule has 15 nitrogen and oxygen atoms in total. The topological polar surface area (TPSA) is 194 Å². The SMILES string of the molecule is Cc1cccc(C(=O)Nc2cc3sc(C4CCC(C(=O)N5CCN(CCCNc6cccc7c6C(=O)N(C6CCC(=O)NC6=O)C7=O)CC5)CC4)nc3cc2C(C)(C)O)n1. The van der Waals surface area contributed by atoms with Gasteiger partial charge in [0, 0.05) is 73.6 Å². The Hall–Kier alpha value is -5.58. The summed E-state index contributed by atoms with van der Waals surface area (Å²) >= 11 is 1.60. The lowest BCUT2D eigenvalue weighted by molar-refractivity contribution is -0.138. The van der Waals surface area contributed by atoms with Crippen LogP contribution < -0.4 is 16.0 Å². The Kier molecular flexibility index (Phi) is 11.5. The van der Waals surface area contributed by atoms with Gasteiger partial charge in [0.1, 0.15) is 11.7 Å². The number of imide groups is 2. The highest BCUT2D eigenvalue weighted by Crippen LogP contribution is 2.42. The number of benzene rings is 2. The number of hydrogen-bond donors (Lipinski definition) is 4. The van der Waals surface area contributed by atoms with Crippen molar-refractivity contribution in [2.75, 3.05) is 49.9 Å². The molecular weight excluding hydrogens is 785 g/mol. The summed E-state index contributed by atoms with van der Waals surface area (Å²) in [5, 5.41) is 20.5. The van der Waals surface area contributed by atoms with E-state index in [9.17, 15) is 33.9 Å².